The molecule has 0 aromatic heterocycles. The van der Waals surface area contributed by atoms with Crippen molar-refractivity contribution in [2.45, 2.75) is 57.0 Å². The lowest BCUT2D eigenvalue weighted by Crippen LogP contribution is -2.56. The zero-order valence-electron chi connectivity index (χ0n) is 11.2. The van der Waals surface area contributed by atoms with Gasteiger partial charge in [-0.3, -0.25) is 0 Å². The van der Waals surface area contributed by atoms with Crippen LogP contribution in [0.3, 0.4) is 0 Å². The second-order valence-corrected chi connectivity index (χ2v) is 8.50. The zero-order valence-corrected chi connectivity index (χ0v) is 12.0. The van der Waals surface area contributed by atoms with Crippen LogP contribution in [0.2, 0.25) is 0 Å². The van der Waals surface area contributed by atoms with Crippen LogP contribution in [0.5, 0.6) is 0 Å². The highest BCUT2D eigenvalue weighted by Gasteiger charge is 2.36. The van der Waals surface area contributed by atoms with Crippen molar-refractivity contribution < 1.29 is 13.5 Å². The van der Waals surface area contributed by atoms with E-state index >= 15 is 0 Å². The van der Waals surface area contributed by atoms with E-state index in [2.05, 4.69) is 12.2 Å². The summed E-state index contributed by atoms with van der Waals surface area (Å²) in [7, 11) is -2.79. The summed E-state index contributed by atoms with van der Waals surface area (Å²) in [6.07, 6.45) is 5.71. The highest BCUT2D eigenvalue weighted by atomic mass is 32.2. The molecule has 0 aromatic rings. The quantitative estimate of drug-likeness (QED) is 0.809. The van der Waals surface area contributed by atoms with Crippen LogP contribution in [-0.2, 0) is 9.84 Å². The molecule has 0 amide bonds. The van der Waals surface area contributed by atoms with Crippen LogP contribution in [-0.4, -0.2) is 43.2 Å². The molecule has 1 aliphatic heterocycles. The Morgan fingerprint density at radius 1 is 1.17 bits per heavy atom. The Hall–Kier alpha value is -0.130. The zero-order chi connectivity index (χ0) is 13.2. The Labute approximate surface area is 110 Å². The maximum atomic E-state index is 11.4. The minimum atomic E-state index is -2.79. The van der Waals surface area contributed by atoms with Gasteiger partial charge in [-0.25, -0.2) is 8.42 Å². The maximum Gasteiger partial charge on any atom is 0.150 e. The van der Waals surface area contributed by atoms with Crippen molar-refractivity contribution in [2.75, 3.05) is 18.1 Å². The second-order valence-electron chi connectivity index (χ2n) is 6.19. The van der Waals surface area contributed by atoms with Gasteiger partial charge in [0.25, 0.3) is 0 Å². The molecule has 0 atom stereocenters. The van der Waals surface area contributed by atoms with E-state index in [9.17, 15) is 13.5 Å². The van der Waals surface area contributed by atoms with E-state index in [1.165, 1.54) is 0 Å². The Morgan fingerprint density at radius 3 is 2.22 bits per heavy atom. The molecule has 1 saturated heterocycles. The van der Waals surface area contributed by atoms with Gasteiger partial charge in [-0.15, -0.1) is 0 Å². The molecular weight excluding hydrogens is 250 g/mol. The van der Waals surface area contributed by atoms with Crippen molar-refractivity contribution in [3.05, 3.63) is 0 Å². The minimum Gasteiger partial charge on any atom is -0.394 e. The SMILES string of the molecule is CC1CCC(CO)(NC2CCS(=O)(=O)CC2)CC1. The fourth-order valence-electron chi connectivity index (χ4n) is 3.13. The molecule has 0 unspecified atom stereocenters. The van der Waals surface area contributed by atoms with Crippen LogP contribution < -0.4 is 5.32 Å². The van der Waals surface area contributed by atoms with E-state index in [0.29, 0.717) is 24.3 Å². The van der Waals surface area contributed by atoms with Crippen molar-refractivity contribution in [1.82, 2.24) is 5.32 Å². The summed E-state index contributed by atoms with van der Waals surface area (Å²) in [6.45, 7) is 2.43. The van der Waals surface area contributed by atoms with Crippen LogP contribution in [0.4, 0.5) is 0 Å². The van der Waals surface area contributed by atoms with Crippen molar-refractivity contribution in [3.8, 4) is 0 Å². The van der Waals surface area contributed by atoms with Gasteiger partial charge in [-0.1, -0.05) is 6.92 Å². The number of aliphatic hydroxyl groups excluding tert-OH is 1. The molecule has 0 radical (unpaired) electrons. The molecule has 1 heterocycles. The number of nitrogens with one attached hydrogen (secondary N) is 1. The molecule has 5 heteroatoms. The lowest BCUT2D eigenvalue weighted by molar-refractivity contribution is 0.0923. The molecule has 0 spiro atoms. The third kappa shape index (κ3) is 3.45. The number of aliphatic hydroxyl groups is 1. The van der Waals surface area contributed by atoms with Crippen molar-refractivity contribution in [3.63, 3.8) is 0 Å². The highest BCUT2D eigenvalue weighted by molar-refractivity contribution is 7.91. The molecule has 2 rings (SSSR count). The lowest BCUT2D eigenvalue weighted by Gasteiger charge is -2.42. The number of hydrogen-bond acceptors (Lipinski definition) is 4. The summed E-state index contributed by atoms with van der Waals surface area (Å²) < 4.78 is 22.8. The monoisotopic (exact) mass is 275 g/mol. The summed E-state index contributed by atoms with van der Waals surface area (Å²) in [5.74, 6) is 1.34. The van der Waals surface area contributed by atoms with Gasteiger partial charge < -0.3 is 10.4 Å². The fraction of sp³-hybridized carbons (Fsp3) is 1.00. The molecule has 2 N–H and O–H groups in total. The third-order valence-electron chi connectivity index (χ3n) is 4.60. The summed E-state index contributed by atoms with van der Waals surface area (Å²) in [5, 5.41) is 13.2. The van der Waals surface area contributed by atoms with Gasteiger partial charge in [-0.05, 0) is 44.4 Å². The predicted octanol–water partition coefficient (Wildman–Crippen LogP) is 1.09. The van der Waals surface area contributed by atoms with Crippen molar-refractivity contribution in [2.24, 2.45) is 5.92 Å². The summed E-state index contributed by atoms with van der Waals surface area (Å²) in [5.41, 5.74) is -0.154. The number of hydrogen-bond donors (Lipinski definition) is 2. The number of sulfone groups is 1. The second kappa shape index (κ2) is 5.47. The molecule has 4 nitrogen and oxygen atoms in total. The van der Waals surface area contributed by atoms with Gasteiger partial charge in [-0.2, -0.15) is 0 Å². The molecule has 18 heavy (non-hydrogen) atoms. The normalized spacial score (nSPS) is 37.6. The molecule has 2 fully saturated rings. The smallest absolute Gasteiger partial charge is 0.150 e. The maximum absolute atomic E-state index is 11.4. The number of rotatable bonds is 3. The van der Waals surface area contributed by atoms with Crippen LogP contribution >= 0.6 is 0 Å². The van der Waals surface area contributed by atoms with Gasteiger partial charge in [0.15, 0.2) is 0 Å². The summed E-state index contributed by atoms with van der Waals surface area (Å²) in [4.78, 5) is 0. The lowest BCUT2D eigenvalue weighted by atomic mass is 9.77. The Kier molecular flexibility index (Phi) is 4.34. The van der Waals surface area contributed by atoms with Crippen molar-refractivity contribution in [1.29, 1.82) is 0 Å². The topological polar surface area (TPSA) is 66.4 Å². The molecule has 0 bridgehead atoms. The van der Waals surface area contributed by atoms with E-state index in [4.69, 9.17) is 0 Å². The molecule has 2 aliphatic rings. The summed E-state index contributed by atoms with van der Waals surface area (Å²) in [6, 6.07) is 0.258. The molecule has 0 aromatic carbocycles. The fourth-order valence-corrected chi connectivity index (χ4v) is 4.62. The van der Waals surface area contributed by atoms with Crippen LogP contribution in [0.1, 0.15) is 45.4 Å². The van der Waals surface area contributed by atoms with Crippen LogP contribution in [0, 0.1) is 5.92 Å². The first kappa shape index (κ1) is 14.3. The molecule has 1 aliphatic carbocycles. The van der Waals surface area contributed by atoms with E-state index in [-0.39, 0.29) is 18.2 Å². The standard InChI is InChI=1S/C13H25NO3S/c1-11-2-6-13(10-15,7-3-11)14-12-4-8-18(16,17)9-5-12/h11-12,14-15H,2-10H2,1H3. The first-order chi connectivity index (χ1) is 8.45. The van der Waals surface area contributed by atoms with Crippen molar-refractivity contribution >= 4 is 9.84 Å². The first-order valence-corrected chi connectivity index (χ1v) is 8.86. The predicted molar refractivity (Wildman–Crippen MR) is 72.3 cm³/mol. The average molecular weight is 275 g/mol. The van der Waals surface area contributed by atoms with Crippen LogP contribution in [0.25, 0.3) is 0 Å². The third-order valence-corrected chi connectivity index (χ3v) is 6.31. The van der Waals surface area contributed by atoms with Gasteiger partial charge in [0.05, 0.1) is 18.1 Å². The largest absolute Gasteiger partial charge is 0.394 e. The molecule has 1 saturated carbocycles. The Balaban J connectivity index is 1.91. The molecule has 106 valence electrons. The van der Waals surface area contributed by atoms with E-state index < -0.39 is 9.84 Å². The summed E-state index contributed by atoms with van der Waals surface area (Å²) >= 11 is 0. The van der Waals surface area contributed by atoms with Gasteiger partial charge >= 0.3 is 0 Å². The Morgan fingerprint density at radius 2 is 1.72 bits per heavy atom. The average Bonchev–Trinajstić information content (AvgIpc) is 2.35. The van der Waals surface area contributed by atoms with Gasteiger partial charge in [0.2, 0.25) is 0 Å². The van der Waals surface area contributed by atoms with Gasteiger partial charge in [0, 0.05) is 11.6 Å². The molecular formula is C13H25NO3S. The Bertz CT molecular complexity index is 358. The highest BCUT2D eigenvalue weighted by Crippen LogP contribution is 2.32. The first-order valence-electron chi connectivity index (χ1n) is 7.04. The minimum absolute atomic E-state index is 0.154. The van der Waals surface area contributed by atoms with E-state index in [0.717, 1.165) is 31.6 Å². The van der Waals surface area contributed by atoms with E-state index in [1.54, 1.807) is 0 Å². The van der Waals surface area contributed by atoms with E-state index in [1.807, 2.05) is 0 Å². The van der Waals surface area contributed by atoms with Crippen LogP contribution in [0.15, 0.2) is 0 Å². The van der Waals surface area contributed by atoms with Gasteiger partial charge in [0.1, 0.15) is 9.84 Å².